The van der Waals surface area contributed by atoms with Gasteiger partial charge >= 0.3 is 0 Å². The number of rotatable bonds is 10. The topological polar surface area (TPSA) is 48.3 Å². The van der Waals surface area contributed by atoms with Gasteiger partial charge < -0.3 is 14.8 Å². The minimum atomic E-state index is 0.663. The zero-order valence-corrected chi connectivity index (χ0v) is 12.8. The third-order valence-electron chi connectivity index (χ3n) is 2.88. The van der Waals surface area contributed by atoms with Crippen molar-refractivity contribution in [1.29, 1.82) is 0 Å². The van der Waals surface area contributed by atoms with Gasteiger partial charge in [-0.15, -0.1) is 0 Å². The largest absolute Gasteiger partial charge is 0.382 e. The molecular formula is C13H24ClN3O2. The number of hydrogen-bond donors (Lipinski definition) is 1. The van der Waals surface area contributed by atoms with Crippen LogP contribution >= 0.6 is 11.6 Å². The molecule has 0 amide bonds. The molecule has 1 aromatic rings. The predicted octanol–water partition coefficient (Wildman–Crippen LogP) is 1.91. The fourth-order valence-corrected chi connectivity index (χ4v) is 2.00. The maximum atomic E-state index is 6.17. The lowest BCUT2D eigenvalue weighted by Gasteiger charge is -2.06. The van der Waals surface area contributed by atoms with Crippen LogP contribution in [0.1, 0.15) is 24.2 Å². The summed E-state index contributed by atoms with van der Waals surface area (Å²) in [6.45, 7) is 5.75. The number of nitrogens with one attached hydrogen (secondary N) is 1. The Bertz CT molecular complexity index is 369. The van der Waals surface area contributed by atoms with E-state index in [4.69, 9.17) is 21.1 Å². The van der Waals surface area contributed by atoms with E-state index < -0.39 is 0 Å². The van der Waals surface area contributed by atoms with Gasteiger partial charge in [0.2, 0.25) is 0 Å². The molecule has 0 bridgehead atoms. The first kappa shape index (κ1) is 16.4. The lowest BCUT2D eigenvalue weighted by Crippen LogP contribution is -2.17. The van der Waals surface area contributed by atoms with Gasteiger partial charge in [-0.25, -0.2) is 0 Å². The van der Waals surface area contributed by atoms with Crippen molar-refractivity contribution in [3.63, 3.8) is 0 Å². The van der Waals surface area contributed by atoms with Gasteiger partial charge in [-0.1, -0.05) is 11.6 Å². The fourth-order valence-electron chi connectivity index (χ4n) is 1.78. The van der Waals surface area contributed by atoms with Crippen molar-refractivity contribution < 1.29 is 9.47 Å². The second-order valence-electron chi connectivity index (χ2n) is 4.46. The molecule has 1 N–H and O–H groups in total. The van der Waals surface area contributed by atoms with E-state index in [1.165, 1.54) is 0 Å². The van der Waals surface area contributed by atoms with Crippen molar-refractivity contribution in [1.82, 2.24) is 15.1 Å². The first-order valence-electron chi connectivity index (χ1n) is 6.62. The molecule has 0 saturated carbocycles. The molecule has 1 aromatic heterocycles. The van der Waals surface area contributed by atoms with Crippen LogP contribution in [-0.2, 0) is 23.1 Å². The average molecular weight is 290 g/mol. The van der Waals surface area contributed by atoms with E-state index in [0.29, 0.717) is 13.2 Å². The highest BCUT2D eigenvalue weighted by molar-refractivity contribution is 6.31. The molecule has 0 fully saturated rings. The number of nitrogens with zero attached hydrogens (tertiary/aromatic N) is 2. The quantitative estimate of drug-likeness (QED) is 0.669. The van der Waals surface area contributed by atoms with Crippen LogP contribution in [0.2, 0.25) is 5.02 Å². The summed E-state index contributed by atoms with van der Waals surface area (Å²) in [6.07, 6.45) is 2.14. The number of halogens is 1. The summed E-state index contributed by atoms with van der Waals surface area (Å²) in [6, 6.07) is 0. The van der Waals surface area contributed by atoms with E-state index in [-0.39, 0.29) is 0 Å². The maximum Gasteiger partial charge on any atom is 0.0860 e. The lowest BCUT2D eigenvalue weighted by atomic mass is 10.3. The summed E-state index contributed by atoms with van der Waals surface area (Å²) in [5, 5.41) is 8.42. The summed E-state index contributed by atoms with van der Waals surface area (Å²) in [4.78, 5) is 0. The van der Waals surface area contributed by atoms with Crippen molar-refractivity contribution in [2.75, 3.05) is 33.5 Å². The van der Waals surface area contributed by atoms with E-state index in [1.807, 2.05) is 18.7 Å². The van der Waals surface area contributed by atoms with Crippen LogP contribution < -0.4 is 5.32 Å². The second kappa shape index (κ2) is 9.31. The third-order valence-corrected chi connectivity index (χ3v) is 3.37. The molecule has 0 aliphatic carbocycles. The molecular weight excluding hydrogens is 266 g/mol. The summed E-state index contributed by atoms with van der Waals surface area (Å²) in [5.41, 5.74) is 1.92. The third kappa shape index (κ3) is 5.91. The molecule has 0 aromatic carbocycles. The number of methoxy groups -OCH3 is 1. The smallest absolute Gasteiger partial charge is 0.0860 e. The Labute approximate surface area is 120 Å². The van der Waals surface area contributed by atoms with E-state index in [2.05, 4.69) is 10.4 Å². The Kier molecular flexibility index (Phi) is 8.05. The van der Waals surface area contributed by atoms with Gasteiger partial charge in [-0.3, -0.25) is 4.68 Å². The van der Waals surface area contributed by atoms with Gasteiger partial charge in [-0.2, -0.15) is 5.10 Å². The molecule has 1 heterocycles. The van der Waals surface area contributed by atoms with Gasteiger partial charge in [0.05, 0.1) is 29.6 Å². The Morgan fingerprint density at radius 1 is 1.26 bits per heavy atom. The summed E-state index contributed by atoms with van der Waals surface area (Å²) >= 11 is 6.17. The highest BCUT2D eigenvalue weighted by Gasteiger charge is 2.09. The maximum absolute atomic E-state index is 6.17. The average Bonchev–Trinajstić information content (AvgIpc) is 2.63. The highest BCUT2D eigenvalue weighted by atomic mass is 35.5. The monoisotopic (exact) mass is 289 g/mol. The molecule has 110 valence electrons. The van der Waals surface area contributed by atoms with Gasteiger partial charge in [0.15, 0.2) is 0 Å². The standard InChI is InChI=1S/C13H24ClN3O2/c1-11-13(14)12(17(2)16-11)10-15-6-4-5-7-19-9-8-18-3/h15H,4-10H2,1-3H3. The Hall–Kier alpha value is -0.620. The van der Waals surface area contributed by atoms with Crippen molar-refractivity contribution >= 4 is 11.6 Å². The van der Waals surface area contributed by atoms with Gasteiger partial charge in [0, 0.05) is 27.3 Å². The van der Waals surface area contributed by atoms with Crippen molar-refractivity contribution in [3.8, 4) is 0 Å². The SMILES string of the molecule is COCCOCCCCNCc1c(Cl)c(C)nn1C. The molecule has 0 atom stereocenters. The molecule has 0 aliphatic heterocycles. The van der Waals surface area contributed by atoms with E-state index >= 15 is 0 Å². The van der Waals surface area contributed by atoms with Crippen LogP contribution in [0.25, 0.3) is 0 Å². The molecule has 5 nitrogen and oxygen atoms in total. The van der Waals surface area contributed by atoms with Crippen LogP contribution in [0.3, 0.4) is 0 Å². The van der Waals surface area contributed by atoms with Crippen LogP contribution in [0, 0.1) is 6.92 Å². The Morgan fingerprint density at radius 3 is 2.68 bits per heavy atom. The molecule has 6 heteroatoms. The van der Waals surface area contributed by atoms with Crippen molar-refractivity contribution in [2.24, 2.45) is 7.05 Å². The number of aryl methyl sites for hydroxylation is 2. The molecule has 0 saturated heterocycles. The number of hydrogen-bond acceptors (Lipinski definition) is 4. The minimum absolute atomic E-state index is 0.663. The first-order chi connectivity index (χ1) is 9.16. The summed E-state index contributed by atoms with van der Waals surface area (Å²) in [5.74, 6) is 0. The van der Waals surface area contributed by atoms with E-state index in [1.54, 1.807) is 7.11 Å². The number of ether oxygens (including phenoxy) is 2. The van der Waals surface area contributed by atoms with E-state index in [0.717, 1.165) is 48.9 Å². The van der Waals surface area contributed by atoms with Gasteiger partial charge in [0.25, 0.3) is 0 Å². The molecule has 0 unspecified atom stereocenters. The molecule has 19 heavy (non-hydrogen) atoms. The van der Waals surface area contributed by atoms with Crippen molar-refractivity contribution in [2.45, 2.75) is 26.3 Å². The summed E-state index contributed by atoms with van der Waals surface area (Å²) < 4.78 is 12.1. The highest BCUT2D eigenvalue weighted by Crippen LogP contribution is 2.18. The normalized spacial score (nSPS) is 11.2. The Morgan fingerprint density at radius 2 is 2.05 bits per heavy atom. The summed E-state index contributed by atoms with van der Waals surface area (Å²) in [7, 11) is 3.60. The van der Waals surface area contributed by atoms with Crippen LogP contribution in [0.4, 0.5) is 0 Å². The minimum Gasteiger partial charge on any atom is -0.382 e. The van der Waals surface area contributed by atoms with Crippen LogP contribution in [0.5, 0.6) is 0 Å². The lowest BCUT2D eigenvalue weighted by molar-refractivity contribution is 0.0688. The van der Waals surface area contributed by atoms with Crippen LogP contribution in [-0.4, -0.2) is 43.3 Å². The van der Waals surface area contributed by atoms with Crippen LogP contribution in [0.15, 0.2) is 0 Å². The second-order valence-corrected chi connectivity index (χ2v) is 4.84. The zero-order chi connectivity index (χ0) is 14.1. The molecule has 1 rings (SSSR count). The van der Waals surface area contributed by atoms with Crippen molar-refractivity contribution in [3.05, 3.63) is 16.4 Å². The van der Waals surface area contributed by atoms with Gasteiger partial charge in [-0.05, 0) is 26.3 Å². The fraction of sp³-hybridized carbons (Fsp3) is 0.769. The Balaban J connectivity index is 2.05. The zero-order valence-electron chi connectivity index (χ0n) is 12.0. The number of aromatic nitrogens is 2. The molecule has 0 spiro atoms. The molecule has 0 aliphatic rings. The van der Waals surface area contributed by atoms with Gasteiger partial charge in [0.1, 0.15) is 0 Å². The predicted molar refractivity (Wildman–Crippen MR) is 76.6 cm³/mol. The van der Waals surface area contributed by atoms with E-state index in [9.17, 15) is 0 Å². The molecule has 0 radical (unpaired) electrons. The first-order valence-corrected chi connectivity index (χ1v) is 7.00. The number of unbranched alkanes of at least 4 members (excludes halogenated alkanes) is 1.